The lowest BCUT2D eigenvalue weighted by molar-refractivity contribution is -0.128. The lowest BCUT2D eigenvalue weighted by Gasteiger charge is -2.21. The van der Waals surface area contributed by atoms with Crippen LogP contribution in [0.5, 0.6) is 5.75 Å². The third kappa shape index (κ3) is 7.50. The van der Waals surface area contributed by atoms with Gasteiger partial charge in [0.2, 0.25) is 17.7 Å². The minimum atomic E-state index is -0.755. The molecule has 30 heavy (non-hydrogen) atoms. The Morgan fingerprint density at radius 3 is 2.43 bits per heavy atom. The van der Waals surface area contributed by atoms with Gasteiger partial charge >= 0.3 is 0 Å². The Labute approximate surface area is 177 Å². The maximum Gasteiger partial charge on any atom is 0.249 e. The standard InChI is InChI=1S/C22H32N4O4/c1-5-6-18(22-25-20(26-30-22)12-7-14(2)3)24-21(29)19(23-15(4)27)13-16-8-10-17(28)11-9-16/h8-11,14,18-19,28H,5-7,12-13H2,1-4H3,(H,23,27)(H,24,29)/t18-,19?/m0/s1. The van der Waals surface area contributed by atoms with Crippen LogP contribution in [0.25, 0.3) is 0 Å². The Kier molecular flexibility index (Phi) is 8.83. The highest BCUT2D eigenvalue weighted by molar-refractivity contribution is 5.87. The second-order valence-electron chi connectivity index (χ2n) is 7.95. The molecule has 0 aliphatic heterocycles. The summed E-state index contributed by atoms with van der Waals surface area (Å²) >= 11 is 0. The van der Waals surface area contributed by atoms with Crippen LogP contribution in [0.15, 0.2) is 28.8 Å². The molecule has 0 spiro atoms. The van der Waals surface area contributed by atoms with Crippen LogP contribution in [0.3, 0.4) is 0 Å². The number of carbonyl (C=O) groups excluding carboxylic acids is 2. The van der Waals surface area contributed by atoms with Crippen LogP contribution in [0.1, 0.15) is 70.3 Å². The average molecular weight is 417 g/mol. The Morgan fingerprint density at radius 2 is 1.83 bits per heavy atom. The number of phenolic OH excluding ortho intramolecular Hbond substituents is 1. The number of aromatic nitrogens is 2. The molecule has 0 fully saturated rings. The summed E-state index contributed by atoms with van der Waals surface area (Å²) in [5.74, 6) is 1.09. The molecule has 0 saturated carbocycles. The van der Waals surface area contributed by atoms with Crippen molar-refractivity contribution in [1.29, 1.82) is 0 Å². The van der Waals surface area contributed by atoms with Gasteiger partial charge in [-0.15, -0.1) is 0 Å². The van der Waals surface area contributed by atoms with E-state index < -0.39 is 12.1 Å². The largest absolute Gasteiger partial charge is 0.508 e. The van der Waals surface area contributed by atoms with Gasteiger partial charge in [-0.2, -0.15) is 4.98 Å². The third-order valence-electron chi connectivity index (χ3n) is 4.69. The van der Waals surface area contributed by atoms with E-state index >= 15 is 0 Å². The van der Waals surface area contributed by atoms with Crippen molar-refractivity contribution in [3.05, 3.63) is 41.5 Å². The highest BCUT2D eigenvalue weighted by Gasteiger charge is 2.26. The van der Waals surface area contributed by atoms with E-state index in [2.05, 4.69) is 34.6 Å². The Bertz CT molecular complexity index is 817. The number of nitrogens with one attached hydrogen (secondary N) is 2. The van der Waals surface area contributed by atoms with Crippen molar-refractivity contribution in [2.75, 3.05) is 0 Å². The molecule has 0 aliphatic rings. The molecule has 1 unspecified atom stereocenters. The van der Waals surface area contributed by atoms with Crippen molar-refractivity contribution in [3.8, 4) is 5.75 Å². The van der Waals surface area contributed by atoms with Gasteiger partial charge in [-0.3, -0.25) is 9.59 Å². The summed E-state index contributed by atoms with van der Waals surface area (Å²) in [6.45, 7) is 7.66. The molecule has 1 aromatic carbocycles. The normalized spacial score (nSPS) is 13.1. The minimum Gasteiger partial charge on any atom is -0.508 e. The third-order valence-corrected chi connectivity index (χ3v) is 4.69. The highest BCUT2D eigenvalue weighted by Crippen LogP contribution is 2.19. The molecular weight excluding hydrogens is 384 g/mol. The van der Waals surface area contributed by atoms with Crippen molar-refractivity contribution in [3.63, 3.8) is 0 Å². The fraction of sp³-hybridized carbons (Fsp3) is 0.545. The molecule has 0 bridgehead atoms. The van der Waals surface area contributed by atoms with Crippen LogP contribution in [0, 0.1) is 5.92 Å². The first-order chi connectivity index (χ1) is 14.3. The van der Waals surface area contributed by atoms with Crippen LogP contribution < -0.4 is 10.6 Å². The van der Waals surface area contributed by atoms with Crippen molar-refractivity contribution in [1.82, 2.24) is 20.8 Å². The number of rotatable bonds is 11. The Morgan fingerprint density at radius 1 is 1.13 bits per heavy atom. The molecule has 0 aliphatic carbocycles. The van der Waals surface area contributed by atoms with Crippen LogP contribution in [0.4, 0.5) is 0 Å². The lowest BCUT2D eigenvalue weighted by atomic mass is 10.0. The minimum absolute atomic E-state index is 0.145. The fourth-order valence-electron chi connectivity index (χ4n) is 3.07. The number of amides is 2. The number of hydrogen-bond donors (Lipinski definition) is 3. The quantitative estimate of drug-likeness (QED) is 0.518. The first-order valence-corrected chi connectivity index (χ1v) is 10.5. The summed E-state index contributed by atoms with van der Waals surface area (Å²) in [7, 11) is 0. The second-order valence-corrected chi connectivity index (χ2v) is 7.95. The second kappa shape index (κ2) is 11.3. The topological polar surface area (TPSA) is 117 Å². The van der Waals surface area contributed by atoms with Gasteiger partial charge in [0.15, 0.2) is 5.82 Å². The molecule has 2 atom stereocenters. The van der Waals surface area contributed by atoms with Crippen molar-refractivity contribution in [2.45, 2.75) is 71.9 Å². The van der Waals surface area contributed by atoms with Gasteiger partial charge < -0.3 is 20.3 Å². The summed E-state index contributed by atoms with van der Waals surface area (Å²) in [5.41, 5.74) is 0.822. The van der Waals surface area contributed by atoms with E-state index in [0.29, 0.717) is 30.5 Å². The summed E-state index contributed by atoms with van der Waals surface area (Å²) in [6.07, 6.45) is 3.44. The SMILES string of the molecule is CCC[C@H](NC(=O)C(Cc1ccc(O)cc1)NC(C)=O)c1nc(CCC(C)C)no1. The van der Waals surface area contributed by atoms with E-state index in [0.717, 1.165) is 24.8 Å². The monoisotopic (exact) mass is 416 g/mol. The lowest BCUT2D eigenvalue weighted by Crippen LogP contribution is -2.48. The van der Waals surface area contributed by atoms with E-state index in [9.17, 15) is 14.7 Å². The van der Waals surface area contributed by atoms with Crippen LogP contribution in [0.2, 0.25) is 0 Å². The van der Waals surface area contributed by atoms with Gasteiger partial charge in [0, 0.05) is 19.8 Å². The molecule has 164 valence electrons. The molecule has 2 rings (SSSR count). The zero-order valence-corrected chi connectivity index (χ0v) is 18.1. The molecule has 8 heteroatoms. The first kappa shape index (κ1) is 23.4. The smallest absolute Gasteiger partial charge is 0.249 e. The number of hydrogen-bond acceptors (Lipinski definition) is 6. The van der Waals surface area contributed by atoms with E-state index in [4.69, 9.17) is 4.52 Å². The number of benzene rings is 1. The molecule has 2 amide bonds. The van der Waals surface area contributed by atoms with E-state index in [1.54, 1.807) is 24.3 Å². The molecule has 0 radical (unpaired) electrons. The molecular formula is C22H32N4O4. The van der Waals surface area contributed by atoms with E-state index in [1.807, 2.05) is 6.92 Å². The zero-order valence-electron chi connectivity index (χ0n) is 18.1. The van der Waals surface area contributed by atoms with Gasteiger partial charge in [0.05, 0.1) is 0 Å². The molecule has 3 N–H and O–H groups in total. The first-order valence-electron chi connectivity index (χ1n) is 10.5. The van der Waals surface area contributed by atoms with Crippen molar-refractivity contribution in [2.24, 2.45) is 5.92 Å². The molecule has 1 heterocycles. The van der Waals surface area contributed by atoms with Gasteiger partial charge in [0.1, 0.15) is 17.8 Å². The molecule has 2 aromatic rings. The number of phenols is 1. The summed E-state index contributed by atoms with van der Waals surface area (Å²) < 4.78 is 5.41. The Balaban J connectivity index is 2.10. The fourth-order valence-corrected chi connectivity index (χ4v) is 3.07. The highest BCUT2D eigenvalue weighted by atomic mass is 16.5. The van der Waals surface area contributed by atoms with Gasteiger partial charge in [-0.25, -0.2) is 0 Å². The van der Waals surface area contributed by atoms with Crippen LogP contribution in [-0.2, 0) is 22.4 Å². The van der Waals surface area contributed by atoms with E-state index in [1.165, 1.54) is 6.92 Å². The predicted molar refractivity (Wildman–Crippen MR) is 113 cm³/mol. The number of nitrogens with zero attached hydrogens (tertiary/aromatic N) is 2. The molecule has 1 aromatic heterocycles. The van der Waals surface area contributed by atoms with Crippen LogP contribution in [-0.4, -0.2) is 33.1 Å². The van der Waals surface area contributed by atoms with Gasteiger partial charge in [-0.05, 0) is 36.5 Å². The van der Waals surface area contributed by atoms with Crippen molar-refractivity contribution >= 4 is 11.8 Å². The number of aromatic hydroxyl groups is 1. The maximum atomic E-state index is 13.0. The molecule has 8 nitrogen and oxygen atoms in total. The maximum absolute atomic E-state index is 13.0. The predicted octanol–water partition coefficient (Wildman–Crippen LogP) is 3.07. The van der Waals surface area contributed by atoms with Gasteiger partial charge in [-0.1, -0.05) is 44.5 Å². The van der Waals surface area contributed by atoms with E-state index in [-0.39, 0.29) is 17.6 Å². The van der Waals surface area contributed by atoms with Crippen molar-refractivity contribution < 1.29 is 19.2 Å². The number of aryl methyl sites for hydroxylation is 1. The summed E-state index contributed by atoms with van der Waals surface area (Å²) in [5, 5.41) is 19.1. The average Bonchev–Trinajstić information content (AvgIpc) is 3.16. The molecule has 0 saturated heterocycles. The van der Waals surface area contributed by atoms with Gasteiger partial charge in [0.25, 0.3) is 0 Å². The zero-order chi connectivity index (χ0) is 22.1. The Hall–Kier alpha value is -2.90. The summed E-state index contributed by atoms with van der Waals surface area (Å²) in [4.78, 5) is 29.1. The number of carbonyl (C=O) groups is 2. The van der Waals surface area contributed by atoms with Crippen LogP contribution >= 0.6 is 0 Å². The summed E-state index contributed by atoms with van der Waals surface area (Å²) in [6, 6.07) is 5.37.